The Labute approximate surface area is 94.4 Å². The quantitative estimate of drug-likeness (QED) is 0.271. The molecule has 0 aliphatic heterocycles. The van der Waals surface area contributed by atoms with Crippen LogP contribution in [0, 0.1) is 12.8 Å². The molecule has 0 spiro atoms. The molecule has 0 radical (unpaired) electrons. The van der Waals surface area contributed by atoms with Gasteiger partial charge >= 0.3 is 0 Å². The van der Waals surface area contributed by atoms with Crippen molar-refractivity contribution in [2.24, 2.45) is 16.8 Å². The average molecular weight is 224 g/mol. The number of hydrogen-bond acceptors (Lipinski definition) is 3. The first-order valence-electron chi connectivity index (χ1n) is 4.80. The predicted molar refractivity (Wildman–Crippen MR) is 64.5 cm³/mol. The summed E-state index contributed by atoms with van der Waals surface area (Å²) in [6, 6.07) is 8.32. The molecular formula is C11H16N2OS. The van der Waals surface area contributed by atoms with Crippen molar-refractivity contribution in [1.29, 1.82) is 0 Å². The fourth-order valence-corrected chi connectivity index (χ4v) is 1.98. The molecule has 0 heterocycles. The van der Waals surface area contributed by atoms with Gasteiger partial charge in [-0.1, -0.05) is 29.8 Å². The highest BCUT2D eigenvalue weighted by molar-refractivity contribution is 7.99. The van der Waals surface area contributed by atoms with Crippen molar-refractivity contribution in [3.63, 3.8) is 0 Å². The van der Waals surface area contributed by atoms with Gasteiger partial charge in [0, 0.05) is 16.6 Å². The molecule has 0 saturated heterocycles. The summed E-state index contributed by atoms with van der Waals surface area (Å²) >= 11 is 1.71. The van der Waals surface area contributed by atoms with E-state index in [2.05, 4.69) is 36.3 Å². The van der Waals surface area contributed by atoms with Crippen molar-refractivity contribution in [1.82, 2.24) is 0 Å². The van der Waals surface area contributed by atoms with Crippen LogP contribution in [0.1, 0.15) is 12.5 Å². The minimum Gasteiger partial charge on any atom is -0.409 e. The molecule has 1 rings (SSSR count). The molecule has 0 saturated carbocycles. The van der Waals surface area contributed by atoms with E-state index >= 15 is 0 Å². The van der Waals surface area contributed by atoms with E-state index in [9.17, 15) is 0 Å². The first kappa shape index (κ1) is 11.9. The third-order valence-electron chi connectivity index (χ3n) is 2.14. The SMILES string of the molecule is Cc1ccc(SCC(C)/C(N)=N/O)cc1. The lowest BCUT2D eigenvalue weighted by atomic mass is 10.2. The van der Waals surface area contributed by atoms with E-state index in [0.29, 0.717) is 0 Å². The highest BCUT2D eigenvalue weighted by Gasteiger charge is 2.07. The molecule has 15 heavy (non-hydrogen) atoms. The lowest BCUT2D eigenvalue weighted by Crippen LogP contribution is -2.22. The van der Waals surface area contributed by atoms with Crippen LogP contribution in [-0.2, 0) is 0 Å². The zero-order chi connectivity index (χ0) is 11.3. The van der Waals surface area contributed by atoms with E-state index in [1.54, 1.807) is 11.8 Å². The maximum absolute atomic E-state index is 8.49. The Hall–Kier alpha value is -1.16. The number of nitrogens with two attached hydrogens (primary N) is 1. The molecule has 1 atom stereocenters. The zero-order valence-corrected chi connectivity index (χ0v) is 9.79. The van der Waals surface area contributed by atoms with Crippen molar-refractivity contribution in [2.45, 2.75) is 18.7 Å². The fraction of sp³-hybridized carbons (Fsp3) is 0.364. The monoisotopic (exact) mass is 224 g/mol. The average Bonchev–Trinajstić information content (AvgIpc) is 2.26. The summed E-state index contributed by atoms with van der Waals surface area (Å²) in [4.78, 5) is 1.21. The van der Waals surface area contributed by atoms with Gasteiger partial charge < -0.3 is 10.9 Å². The van der Waals surface area contributed by atoms with Gasteiger partial charge in [-0.15, -0.1) is 11.8 Å². The van der Waals surface area contributed by atoms with Crippen LogP contribution in [0.5, 0.6) is 0 Å². The number of amidine groups is 1. The smallest absolute Gasteiger partial charge is 0.142 e. The molecule has 0 fully saturated rings. The Morgan fingerprint density at radius 1 is 1.47 bits per heavy atom. The van der Waals surface area contributed by atoms with Gasteiger partial charge in [0.1, 0.15) is 5.84 Å². The highest BCUT2D eigenvalue weighted by atomic mass is 32.2. The molecule has 3 N–H and O–H groups in total. The van der Waals surface area contributed by atoms with Crippen molar-refractivity contribution in [2.75, 3.05) is 5.75 Å². The second kappa shape index (κ2) is 5.66. The normalized spacial score (nSPS) is 13.9. The molecule has 1 unspecified atom stereocenters. The van der Waals surface area contributed by atoms with Gasteiger partial charge in [-0.2, -0.15) is 0 Å². The standard InChI is InChI=1S/C11H16N2OS/c1-8-3-5-10(6-4-8)15-7-9(2)11(12)13-14/h3-6,9,14H,7H2,1-2H3,(H2,12,13). The van der Waals surface area contributed by atoms with E-state index < -0.39 is 0 Å². The minimum atomic E-state index is 0.0845. The molecule has 0 aliphatic rings. The predicted octanol–water partition coefficient (Wildman–Crippen LogP) is 2.47. The summed E-state index contributed by atoms with van der Waals surface area (Å²) in [6.45, 7) is 4.00. The largest absolute Gasteiger partial charge is 0.409 e. The molecule has 0 aliphatic carbocycles. The molecule has 0 bridgehead atoms. The summed E-state index contributed by atoms with van der Waals surface area (Å²) in [5.41, 5.74) is 6.74. The summed E-state index contributed by atoms with van der Waals surface area (Å²) in [5.74, 6) is 1.19. The summed E-state index contributed by atoms with van der Waals surface area (Å²) < 4.78 is 0. The molecule has 4 heteroatoms. The van der Waals surface area contributed by atoms with E-state index in [-0.39, 0.29) is 11.8 Å². The van der Waals surface area contributed by atoms with Crippen LogP contribution in [0.3, 0.4) is 0 Å². The van der Waals surface area contributed by atoms with Crippen LogP contribution in [0.15, 0.2) is 34.3 Å². The van der Waals surface area contributed by atoms with E-state index in [1.165, 1.54) is 10.5 Å². The maximum atomic E-state index is 8.49. The van der Waals surface area contributed by atoms with Gasteiger partial charge in [0.2, 0.25) is 0 Å². The van der Waals surface area contributed by atoms with Crippen LogP contribution >= 0.6 is 11.8 Å². The van der Waals surface area contributed by atoms with Crippen LogP contribution in [0.25, 0.3) is 0 Å². The van der Waals surface area contributed by atoms with E-state index in [4.69, 9.17) is 10.9 Å². The molecule has 0 aromatic heterocycles. The first-order chi connectivity index (χ1) is 7.13. The third-order valence-corrected chi connectivity index (χ3v) is 3.41. The van der Waals surface area contributed by atoms with Gasteiger partial charge in [-0.3, -0.25) is 0 Å². The molecule has 82 valence electrons. The van der Waals surface area contributed by atoms with Crippen molar-refractivity contribution >= 4 is 17.6 Å². The Bertz CT molecular complexity index is 335. The zero-order valence-electron chi connectivity index (χ0n) is 8.97. The number of hydrogen-bond donors (Lipinski definition) is 2. The van der Waals surface area contributed by atoms with Crippen LogP contribution in [-0.4, -0.2) is 16.8 Å². The first-order valence-corrected chi connectivity index (χ1v) is 5.79. The number of oxime groups is 1. The summed E-state index contributed by atoms with van der Waals surface area (Å²) in [6.07, 6.45) is 0. The summed E-state index contributed by atoms with van der Waals surface area (Å²) in [7, 11) is 0. The fourth-order valence-electron chi connectivity index (χ4n) is 1.04. The Morgan fingerprint density at radius 2 is 2.07 bits per heavy atom. The van der Waals surface area contributed by atoms with Crippen molar-refractivity contribution < 1.29 is 5.21 Å². The van der Waals surface area contributed by atoms with Gasteiger partial charge in [-0.25, -0.2) is 0 Å². The van der Waals surface area contributed by atoms with Gasteiger partial charge in [0.15, 0.2) is 0 Å². The molecule has 1 aromatic carbocycles. The summed E-state index contributed by atoms with van der Waals surface area (Å²) in [5, 5.41) is 11.5. The highest BCUT2D eigenvalue weighted by Crippen LogP contribution is 2.20. The lowest BCUT2D eigenvalue weighted by molar-refractivity contribution is 0.315. The second-order valence-electron chi connectivity index (χ2n) is 3.55. The number of rotatable bonds is 4. The van der Waals surface area contributed by atoms with Gasteiger partial charge in [0.25, 0.3) is 0 Å². The molecular weight excluding hydrogens is 208 g/mol. The second-order valence-corrected chi connectivity index (χ2v) is 4.64. The number of aryl methyl sites for hydroxylation is 1. The van der Waals surface area contributed by atoms with Gasteiger partial charge in [0.05, 0.1) is 0 Å². The maximum Gasteiger partial charge on any atom is 0.142 e. The molecule has 3 nitrogen and oxygen atoms in total. The van der Waals surface area contributed by atoms with Crippen molar-refractivity contribution in [3.05, 3.63) is 29.8 Å². The number of nitrogens with zero attached hydrogens (tertiary/aromatic N) is 1. The van der Waals surface area contributed by atoms with Crippen LogP contribution in [0.2, 0.25) is 0 Å². The lowest BCUT2D eigenvalue weighted by Gasteiger charge is -2.08. The van der Waals surface area contributed by atoms with Crippen LogP contribution < -0.4 is 5.73 Å². The van der Waals surface area contributed by atoms with E-state index in [0.717, 1.165) is 5.75 Å². The molecule has 1 aromatic rings. The Balaban J connectivity index is 2.47. The van der Waals surface area contributed by atoms with Crippen molar-refractivity contribution in [3.8, 4) is 0 Å². The topological polar surface area (TPSA) is 58.6 Å². The van der Waals surface area contributed by atoms with E-state index in [1.807, 2.05) is 6.92 Å². The number of benzene rings is 1. The third kappa shape index (κ3) is 3.83. The Kier molecular flexibility index (Phi) is 4.49. The van der Waals surface area contributed by atoms with Gasteiger partial charge in [-0.05, 0) is 19.1 Å². The molecule has 0 amide bonds. The number of thioether (sulfide) groups is 1. The van der Waals surface area contributed by atoms with Crippen LogP contribution in [0.4, 0.5) is 0 Å². The minimum absolute atomic E-state index is 0.0845. The Morgan fingerprint density at radius 3 is 2.60 bits per heavy atom.